The van der Waals surface area contributed by atoms with E-state index >= 15 is 0 Å². The van der Waals surface area contributed by atoms with Gasteiger partial charge in [0.15, 0.2) is 17.3 Å². The Hall–Kier alpha value is -3.69. The normalized spacial score (nSPS) is 14.0. The Kier molecular flexibility index (Phi) is 4.91. The van der Waals surface area contributed by atoms with Gasteiger partial charge in [-0.1, -0.05) is 12.1 Å². The van der Waals surface area contributed by atoms with Gasteiger partial charge in [-0.05, 0) is 36.6 Å². The van der Waals surface area contributed by atoms with E-state index in [1.807, 2.05) is 6.07 Å². The number of rotatable bonds is 6. The standard InChI is InChI=1S/C22H19F3N6O/c1-32-17-9-4-14(10-26-17)19-29-20(28-16-7-8-16)18-21(30-19)31(12-27-18)11-13-2-5-15(6-3-13)22(23,24)25/h2-6,9-10,12,16H,7-8,11H2,1H3,(H,28,29,30). The van der Waals surface area contributed by atoms with Crippen molar-refractivity contribution in [2.75, 3.05) is 12.4 Å². The van der Waals surface area contributed by atoms with Gasteiger partial charge in [-0.25, -0.2) is 19.9 Å². The summed E-state index contributed by atoms with van der Waals surface area (Å²) in [6.07, 6.45) is 1.04. The largest absolute Gasteiger partial charge is 0.481 e. The van der Waals surface area contributed by atoms with E-state index in [1.165, 1.54) is 12.1 Å². The van der Waals surface area contributed by atoms with E-state index in [9.17, 15) is 13.2 Å². The highest BCUT2D eigenvalue weighted by molar-refractivity contribution is 5.85. The van der Waals surface area contributed by atoms with Gasteiger partial charge >= 0.3 is 6.18 Å². The minimum atomic E-state index is -4.36. The van der Waals surface area contributed by atoms with Crippen LogP contribution >= 0.6 is 0 Å². The molecule has 0 bridgehead atoms. The molecule has 7 nitrogen and oxygen atoms in total. The van der Waals surface area contributed by atoms with Crippen LogP contribution in [0.5, 0.6) is 5.88 Å². The van der Waals surface area contributed by atoms with Crippen LogP contribution in [0.1, 0.15) is 24.0 Å². The van der Waals surface area contributed by atoms with Gasteiger partial charge in [0.2, 0.25) is 5.88 Å². The molecule has 164 valence electrons. The van der Waals surface area contributed by atoms with Crippen molar-refractivity contribution in [3.8, 4) is 17.3 Å². The molecule has 5 rings (SSSR count). The Labute approximate surface area is 181 Å². The molecule has 0 radical (unpaired) electrons. The average Bonchev–Trinajstić information content (AvgIpc) is 3.52. The first-order chi connectivity index (χ1) is 15.4. The molecule has 32 heavy (non-hydrogen) atoms. The van der Waals surface area contributed by atoms with E-state index in [0.717, 1.165) is 25.0 Å². The fourth-order valence-corrected chi connectivity index (χ4v) is 3.34. The zero-order valence-corrected chi connectivity index (χ0v) is 17.1. The molecule has 1 N–H and O–H groups in total. The van der Waals surface area contributed by atoms with Crippen molar-refractivity contribution in [1.82, 2.24) is 24.5 Å². The summed E-state index contributed by atoms with van der Waals surface area (Å²) in [5.74, 6) is 1.60. The lowest BCUT2D eigenvalue weighted by molar-refractivity contribution is -0.137. The van der Waals surface area contributed by atoms with Crippen LogP contribution in [0.25, 0.3) is 22.6 Å². The topological polar surface area (TPSA) is 77.8 Å². The number of benzene rings is 1. The van der Waals surface area contributed by atoms with E-state index in [-0.39, 0.29) is 0 Å². The number of halogens is 3. The zero-order valence-electron chi connectivity index (χ0n) is 17.1. The molecule has 1 fully saturated rings. The van der Waals surface area contributed by atoms with Crippen molar-refractivity contribution in [3.05, 3.63) is 60.0 Å². The molecule has 1 saturated carbocycles. The summed E-state index contributed by atoms with van der Waals surface area (Å²) in [6.45, 7) is 0.328. The van der Waals surface area contributed by atoms with Gasteiger partial charge < -0.3 is 14.6 Å². The van der Waals surface area contributed by atoms with Gasteiger partial charge in [0, 0.05) is 23.9 Å². The van der Waals surface area contributed by atoms with Crippen LogP contribution in [-0.2, 0) is 12.7 Å². The first kappa shape index (κ1) is 20.2. The summed E-state index contributed by atoms with van der Waals surface area (Å²) < 4.78 is 45.5. The third-order valence-corrected chi connectivity index (χ3v) is 5.22. The van der Waals surface area contributed by atoms with E-state index in [4.69, 9.17) is 9.72 Å². The van der Waals surface area contributed by atoms with E-state index in [0.29, 0.717) is 52.4 Å². The number of methoxy groups -OCH3 is 1. The number of pyridine rings is 1. The number of imidazole rings is 1. The monoisotopic (exact) mass is 440 g/mol. The Morgan fingerprint density at radius 2 is 1.84 bits per heavy atom. The maximum atomic E-state index is 12.9. The number of hydrogen-bond donors (Lipinski definition) is 1. The first-order valence-corrected chi connectivity index (χ1v) is 10.1. The molecule has 0 spiro atoms. The summed E-state index contributed by atoms with van der Waals surface area (Å²) >= 11 is 0. The molecule has 4 aromatic rings. The second-order valence-electron chi connectivity index (χ2n) is 7.64. The molecule has 0 unspecified atom stereocenters. The van der Waals surface area contributed by atoms with E-state index in [1.54, 1.807) is 30.3 Å². The quantitative estimate of drug-likeness (QED) is 0.474. The Balaban J connectivity index is 1.53. The van der Waals surface area contributed by atoms with Gasteiger partial charge in [-0.2, -0.15) is 13.2 Å². The number of hydrogen-bond acceptors (Lipinski definition) is 6. The molecule has 1 aliphatic carbocycles. The SMILES string of the molecule is COc1ccc(-c2nc(NC3CC3)c3ncn(Cc4ccc(C(F)(F)F)cc4)c3n2)cn1. The van der Waals surface area contributed by atoms with Gasteiger partial charge in [0.25, 0.3) is 0 Å². The summed E-state index contributed by atoms with van der Waals surface area (Å²) in [5, 5.41) is 3.40. The predicted octanol–water partition coefficient (Wildman–Crippen LogP) is 4.54. The van der Waals surface area contributed by atoms with Gasteiger partial charge in [-0.3, -0.25) is 0 Å². The first-order valence-electron chi connectivity index (χ1n) is 10.1. The number of nitrogens with zero attached hydrogens (tertiary/aromatic N) is 5. The van der Waals surface area contributed by atoms with Gasteiger partial charge in [-0.15, -0.1) is 0 Å². The molecule has 1 aromatic carbocycles. The number of aromatic nitrogens is 5. The second-order valence-corrected chi connectivity index (χ2v) is 7.64. The van der Waals surface area contributed by atoms with Crippen molar-refractivity contribution in [2.24, 2.45) is 0 Å². The number of nitrogens with one attached hydrogen (secondary N) is 1. The van der Waals surface area contributed by atoms with Crippen LogP contribution in [0.4, 0.5) is 19.0 Å². The summed E-state index contributed by atoms with van der Waals surface area (Å²) in [5.41, 5.74) is 1.96. The van der Waals surface area contributed by atoms with Crippen LogP contribution < -0.4 is 10.1 Å². The Morgan fingerprint density at radius 1 is 1.06 bits per heavy atom. The highest BCUT2D eigenvalue weighted by Gasteiger charge is 2.30. The average molecular weight is 440 g/mol. The minimum absolute atomic E-state index is 0.328. The summed E-state index contributed by atoms with van der Waals surface area (Å²) in [6, 6.07) is 9.01. The van der Waals surface area contributed by atoms with Crippen molar-refractivity contribution in [3.63, 3.8) is 0 Å². The van der Waals surface area contributed by atoms with Gasteiger partial charge in [0.1, 0.15) is 5.52 Å². The zero-order chi connectivity index (χ0) is 22.3. The molecule has 10 heteroatoms. The maximum Gasteiger partial charge on any atom is 0.416 e. The lowest BCUT2D eigenvalue weighted by atomic mass is 10.1. The lowest BCUT2D eigenvalue weighted by Gasteiger charge is -2.10. The number of anilines is 1. The van der Waals surface area contributed by atoms with Crippen LogP contribution in [-0.4, -0.2) is 37.7 Å². The Bertz CT molecular complexity index is 1250. The molecule has 0 atom stereocenters. The van der Waals surface area contributed by atoms with Crippen LogP contribution in [0, 0.1) is 0 Å². The number of alkyl halides is 3. The van der Waals surface area contributed by atoms with E-state index < -0.39 is 11.7 Å². The molecule has 0 amide bonds. The molecule has 3 heterocycles. The lowest BCUT2D eigenvalue weighted by Crippen LogP contribution is -2.08. The fourth-order valence-electron chi connectivity index (χ4n) is 3.34. The molecular formula is C22H19F3N6O. The van der Waals surface area contributed by atoms with Crippen molar-refractivity contribution >= 4 is 17.0 Å². The van der Waals surface area contributed by atoms with Crippen LogP contribution in [0.15, 0.2) is 48.9 Å². The molecular weight excluding hydrogens is 421 g/mol. The minimum Gasteiger partial charge on any atom is -0.481 e. The Morgan fingerprint density at radius 3 is 2.47 bits per heavy atom. The van der Waals surface area contributed by atoms with Crippen LogP contribution in [0.2, 0.25) is 0 Å². The summed E-state index contributed by atoms with van der Waals surface area (Å²) in [7, 11) is 1.54. The number of ether oxygens (including phenoxy) is 1. The summed E-state index contributed by atoms with van der Waals surface area (Å²) in [4.78, 5) is 18.1. The fraction of sp³-hybridized carbons (Fsp3) is 0.273. The second kappa shape index (κ2) is 7.77. The highest BCUT2D eigenvalue weighted by Crippen LogP contribution is 2.31. The molecule has 0 saturated heterocycles. The molecule has 3 aromatic heterocycles. The van der Waals surface area contributed by atoms with E-state index in [2.05, 4.69) is 20.3 Å². The molecule has 1 aliphatic rings. The highest BCUT2D eigenvalue weighted by atomic mass is 19.4. The predicted molar refractivity (Wildman–Crippen MR) is 112 cm³/mol. The maximum absolute atomic E-state index is 12.9. The molecule has 0 aliphatic heterocycles. The van der Waals surface area contributed by atoms with Crippen molar-refractivity contribution in [1.29, 1.82) is 0 Å². The smallest absolute Gasteiger partial charge is 0.416 e. The third-order valence-electron chi connectivity index (χ3n) is 5.22. The van der Waals surface area contributed by atoms with Crippen molar-refractivity contribution in [2.45, 2.75) is 31.6 Å². The van der Waals surface area contributed by atoms with Crippen molar-refractivity contribution < 1.29 is 17.9 Å². The van der Waals surface area contributed by atoms with Crippen LogP contribution in [0.3, 0.4) is 0 Å². The van der Waals surface area contributed by atoms with Gasteiger partial charge in [0.05, 0.1) is 25.5 Å². The third kappa shape index (κ3) is 4.08. The number of fused-ring (bicyclic) bond motifs is 1.